The van der Waals surface area contributed by atoms with E-state index in [1.165, 1.54) is 64.2 Å². The number of hydrogen-bond acceptors (Lipinski definition) is 2. The highest BCUT2D eigenvalue weighted by atomic mass is 16.1. The molecule has 1 aromatic heterocycles. The van der Waals surface area contributed by atoms with E-state index >= 15 is 0 Å². The predicted octanol–water partition coefficient (Wildman–Crippen LogP) is 5.29. The molecule has 20 heavy (non-hydrogen) atoms. The number of carbonyl (C=O) groups excluding carboxylic acids is 1. The summed E-state index contributed by atoms with van der Waals surface area (Å²) in [5.74, 6) is 0.656. The van der Waals surface area contributed by atoms with Crippen LogP contribution in [0.15, 0.2) is 12.4 Å². The van der Waals surface area contributed by atoms with E-state index in [1.54, 1.807) is 12.4 Å². The van der Waals surface area contributed by atoms with Gasteiger partial charge in [0.2, 0.25) is 0 Å². The SMILES string of the molecule is CCCCCCCCCCCCCC(=O)c1ncc[nH]1. The van der Waals surface area contributed by atoms with Crippen LogP contribution in [0.3, 0.4) is 0 Å². The van der Waals surface area contributed by atoms with Crippen LogP contribution in [-0.4, -0.2) is 15.8 Å². The van der Waals surface area contributed by atoms with Crippen molar-refractivity contribution in [2.24, 2.45) is 0 Å². The molecule has 0 bridgehead atoms. The Morgan fingerprint density at radius 2 is 1.50 bits per heavy atom. The van der Waals surface area contributed by atoms with Gasteiger partial charge in [0.25, 0.3) is 0 Å². The van der Waals surface area contributed by atoms with Crippen LogP contribution < -0.4 is 0 Å². The summed E-state index contributed by atoms with van der Waals surface area (Å²) in [6.07, 6.45) is 18.4. The smallest absolute Gasteiger partial charge is 0.198 e. The summed E-state index contributed by atoms with van der Waals surface area (Å²) in [5.41, 5.74) is 0. The Hall–Kier alpha value is -1.12. The number of unbranched alkanes of at least 4 members (excludes halogenated alkanes) is 10. The number of hydrogen-bond donors (Lipinski definition) is 1. The van der Waals surface area contributed by atoms with Crippen LogP contribution in [0, 0.1) is 0 Å². The van der Waals surface area contributed by atoms with E-state index < -0.39 is 0 Å². The van der Waals surface area contributed by atoms with Crippen LogP contribution in [0.4, 0.5) is 0 Å². The van der Waals surface area contributed by atoms with Crippen molar-refractivity contribution in [2.75, 3.05) is 0 Å². The minimum absolute atomic E-state index is 0.144. The van der Waals surface area contributed by atoms with E-state index in [9.17, 15) is 4.79 Å². The third-order valence-electron chi connectivity index (χ3n) is 3.77. The fourth-order valence-corrected chi connectivity index (χ4v) is 2.49. The molecule has 3 nitrogen and oxygen atoms in total. The maximum absolute atomic E-state index is 11.7. The third-order valence-corrected chi connectivity index (χ3v) is 3.77. The maximum atomic E-state index is 11.7. The Labute approximate surface area is 123 Å². The molecule has 0 atom stereocenters. The van der Waals surface area contributed by atoms with E-state index in [0.717, 1.165) is 6.42 Å². The van der Waals surface area contributed by atoms with E-state index in [0.29, 0.717) is 12.2 Å². The van der Waals surface area contributed by atoms with Crippen LogP contribution in [0.2, 0.25) is 0 Å². The molecule has 1 rings (SSSR count). The number of nitrogens with zero attached hydrogens (tertiary/aromatic N) is 1. The van der Waals surface area contributed by atoms with E-state index in [4.69, 9.17) is 0 Å². The summed E-state index contributed by atoms with van der Waals surface area (Å²) < 4.78 is 0. The van der Waals surface area contributed by atoms with Gasteiger partial charge in [-0.25, -0.2) is 4.98 Å². The number of nitrogens with one attached hydrogen (secondary N) is 1. The summed E-state index contributed by atoms with van der Waals surface area (Å²) in [6, 6.07) is 0. The minimum atomic E-state index is 0.144. The van der Waals surface area contributed by atoms with Gasteiger partial charge in [-0.1, -0.05) is 71.1 Å². The van der Waals surface area contributed by atoms with Gasteiger partial charge in [0, 0.05) is 18.8 Å². The largest absolute Gasteiger partial charge is 0.342 e. The fraction of sp³-hybridized carbons (Fsp3) is 0.765. The monoisotopic (exact) mass is 278 g/mol. The highest BCUT2D eigenvalue weighted by Gasteiger charge is 2.06. The van der Waals surface area contributed by atoms with Crippen LogP contribution in [-0.2, 0) is 0 Å². The molecule has 0 saturated heterocycles. The van der Waals surface area contributed by atoms with Gasteiger partial charge in [0.1, 0.15) is 0 Å². The van der Waals surface area contributed by atoms with Crippen LogP contribution in [0.25, 0.3) is 0 Å². The summed E-state index contributed by atoms with van der Waals surface area (Å²) in [7, 11) is 0. The molecule has 1 N–H and O–H groups in total. The normalized spacial score (nSPS) is 10.8. The first-order valence-corrected chi connectivity index (χ1v) is 8.37. The molecule has 1 heterocycles. The molecular formula is C17H30N2O. The van der Waals surface area contributed by atoms with E-state index in [-0.39, 0.29) is 5.78 Å². The molecule has 0 amide bonds. The van der Waals surface area contributed by atoms with Crippen molar-refractivity contribution >= 4 is 5.78 Å². The molecule has 114 valence electrons. The zero-order valence-electron chi connectivity index (χ0n) is 13.0. The third kappa shape index (κ3) is 8.13. The van der Waals surface area contributed by atoms with Gasteiger partial charge in [-0.2, -0.15) is 0 Å². The number of rotatable bonds is 13. The van der Waals surface area contributed by atoms with Crippen molar-refractivity contribution < 1.29 is 4.79 Å². The van der Waals surface area contributed by atoms with Crippen molar-refractivity contribution in [1.82, 2.24) is 9.97 Å². The molecule has 0 aromatic carbocycles. The van der Waals surface area contributed by atoms with Crippen molar-refractivity contribution in [3.8, 4) is 0 Å². The van der Waals surface area contributed by atoms with Crippen molar-refractivity contribution in [3.63, 3.8) is 0 Å². The van der Waals surface area contributed by atoms with Crippen LogP contribution in [0.5, 0.6) is 0 Å². The highest BCUT2D eigenvalue weighted by Crippen LogP contribution is 2.12. The minimum Gasteiger partial charge on any atom is -0.342 e. The molecule has 0 unspecified atom stereocenters. The number of aromatic nitrogens is 2. The summed E-state index contributed by atoms with van der Waals surface area (Å²) >= 11 is 0. The average molecular weight is 278 g/mol. The lowest BCUT2D eigenvalue weighted by Gasteiger charge is -2.02. The summed E-state index contributed by atoms with van der Waals surface area (Å²) in [6.45, 7) is 2.26. The van der Waals surface area contributed by atoms with E-state index in [2.05, 4.69) is 16.9 Å². The second-order valence-corrected chi connectivity index (χ2v) is 5.65. The van der Waals surface area contributed by atoms with Crippen molar-refractivity contribution in [3.05, 3.63) is 18.2 Å². The van der Waals surface area contributed by atoms with E-state index in [1.807, 2.05) is 0 Å². The zero-order valence-corrected chi connectivity index (χ0v) is 13.0. The standard InChI is InChI=1S/C17H30N2O/c1-2-3-4-5-6-7-8-9-10-11-12-13-16(20)17-18-14-15-19-17/h14-15H,2-13H2,1H3,(H,18,19). The molecule has 0 aliphatic carbocycles. The molecular weight excluding hydrogens is 248 g/mol. The molecule has 0 fully saturated rings. The first-order valence-electron chi connectivity index (χ1n) is 8.37. The number of imidazole rings is 1. The van der Waals surface area contributed by atoms with Gasteiger partial charge < -0.3 is 4.98 Å². The molecule has 0 radical (unpaired) electrons. The van der Waals surface area contributed by atoms with Crippen LogP contribution >= 0.6 is 0 Å². The molecule has 0 aliphatic heterocycles. The number of carbonyl (C=O) groups is 1. The maximum Gasteiger partial charge on any atom is 0.198 e. The number of ketones is 1. The Morgan fingerprint density at radius 3 is 2.00 bits per heavy atom. The fourth-order valence-electron chi connectivity index (χ4n) is 2.49. The topological polar surface area (TPSA) is 45.8 Å². The van der Waals surface area contributed by atoms with Gasteiger partial charge in [-0.3, -0.25) is 4.79 Å². The molecule has 1 aromatic rings. The molecule has 0 spiro atoms. The Morgan fingerprint density at radius 1 is 0.950 bits per heavy atom. The summed E-state index contributed by atoms with van der Waals surface area (Å²) in [5, 5.41) is 0. The predicted molar refractivity (Wildman–Crippen MR) is 84.0 cm³/mol. The van der Waals surface area contributed by atoms with Gasteiger partial charge in [0.05, 0.1) is 0 Å². The second-order valence-electron chi connectivity index (χ2n) is 5.65. The van der Waals surface area contributed by atoms with Crippen molar-refractivity contribution in [2.45, 2.75) is 84.0 Å². The lowest BCUT2D eigenvalue weighted by molar-refractivity contribution is 0.0970. The van der Waals surface area contributed by atoms with Crippen LogP contribution in [0.1, 0.15) is 94.6 Å². The Balaban J connectivity index is 1.82. The molecule has 0 saturated carbocycles. The Kier molecular flexibility index (Phi) is 9.89. The highest BCUT2D eigenvalue weighted by molar-refractivity contribution is 5.92. The quantitative estimate of drug-likeness (QED) is 0.393. The Bertz CT molecular complexity index is 333. The lowest BCUT2D eigenvalue weighted by Crippen LogP contribution is -2.01. The lowest BCUT2D eigenvalue weighted by atomic mass is 10.0. The summed E-state index contributed by atoms with van der Waals surface area (Å²) in [4.78, 5) is 18.5. The number of Topliss-reactive ketones (excluding diaryl/α,β-unsaturated/α-hetero) is 1. The zero-order chi connectivity index (χ0) is 14.5. The first-order chi connectivity index (χ1) is 9.84. The number of H-pyrrole nitrogens is 1. The van der Waals surface area contributed by atoms with Crippen molar-refractivity contribution in [1.29, 1.82) is 0 Å². The van der Waals surface area contributed by atoms with Gasteiger partial charge in [0.15, 0.2) is 11.6 Å². The van der Waals surface area contributed by atoms with Gasteiger partial charge in [-0.15, -0.1) is 0 Å². The van der Waals surface area contributed by atoms with Gasteiger partial charge in [-0.05, 0) is 6.42 Å². The molecule has 3 heteroatoms. The average Bonchev–Trinajstić information content (AvgIpc) is 2.99. The first kappa shape index (κ1) is 16.9. The van der Waals surface area contributed by atoms with Gasteiger partial charge >= 0.3 is 0 Å². The number of aromatic amines is 1. The second kappa shape index (κ2) is 11.7. The molecule has 0 aliphatic rings.